The van der Waals surface area contributed by atoms with Crippen LogP contribution in [-0.2, 0) is 9.59 Å². The molecular weight excluding hydrogens is 472 g/mol. The second kappa shape index (κ2) is 11.5. The molecule has 2 fully saturated rings. The van der Waals surface area contributed by atoms with Crippen LogP contribution >= 0.6 is 0 Å². The highest BCUT2D eigenvalue weighted by Crippen LogP contribution is 2.36. The Morgan fingerprint density at radius 3 is 2.54 bits per heavy atom. The van der Waals surface area contributed by atoms with Gasteiger partial charge in [-0.3, -0.25) is 19.6 Å². The highest BCUT2D eigenvalue weighted by atomic mass is 16.5. The lowest BCUT2D eigenvalue weighted by Crippen LogP contribution is -2.49. The zero-order valence-corrected chi connectivity index (χ0v) is 21.4. The van der Waals surface area contributed by atoms with Crippen molar-refractivity contribution in [3.63, 3.8) is 0 Å². The van der Waals surface area contributed by atoms with Gasteiger partial charge in [-0.25, -0.2) is 0 Å². The van der Waals surface area contributed by atoms with Gasteiger partial charge in [0, 0.05) is 45.0 Å². The largest absolute Gasteiger partial charge is 0.508 e. The molecule has 1 aliphatic heterocycles. The van der Waals surface area contributed by atoms with Crippen LogP contribution in [0, 0.1) is 0 Å². The molecule has 0 spiro atoms. The molecule has 2 heterocycles. The van der Waals surface area contributed by atoms with E-state index in [9.17, 15) is 9.90 Å². The van der Waals surface area contributed by atoms with E-state index in [2.05, 4.69) is 22.1 Å². The van der Waals surface area contributed by atoms with E-state index >= 15 is 0 Å². The number of carbonyl (C=O) groups is 2. The minimum Gasteiger partial charge on any atom is -0.508 e. The molecule has 0 bridgehead atoms. The predicted octanol–water partition coefficient (Wildman–Crippen LogP) is 4.05. The molecule has 37 heavy (non-hydrogen) atoms. The molecule has 9 nitrogen and oxygen atoms in total. The third-order valence-corrected chi connectivity index (χ3v) is 7.02. The summed E-state index contributed by atoms with van der Waals surface area (Å²) in [5.41, 5.74) is 2.89. The van der Waals surface area contributed by atoms with Crippen molar-refractivity contribution in [2.45, 2.75) is 50.8 Å². The molecule has 0 radical (unpaired) electrons. The Bertz CT molecular complexity index is 1260. The second-order valence-corrected chi connectivity index (χ2v) is 9.74. The highest BCUT2D eigenvalue weighted by molar-refractivity contribution is 5.90. The topological polar surface area (TPSA) is 119 Å². The standard InChI is InChI=1S/C26H30N4O3.C2H4O2/c1-29-11-3-4-19(29)7-10-26(32)30(2)20-14-22(15-20)33-25-13-18(12-24-23(25)16-27-28-24)17-5-8-21(31)9-6-17;1-2(3)4/h5-10,12-13,16,19-20,22,31H,3-4,11,14-15H2,1-2H3,(H,27,28);1H3,(H,3,4)/b10-7+;. The molecule has 2 aromatic carbocycles. The van der Waals surface area contributed by atoms with Crippen LogP contribution in [-0.4, -0.2) is 80.9 Å². The number of aromatic hydroxyl groups is 1. The van der Waals surface area contributed by atoms with Gasteiger partial charge in [0.05, 0.1) is 17.1 Å². The molecule has 3 N–H and O–H groups in total. The first-order valence-corrected chi connectivity index (χ1v) is 12.5. The first kappa shape index (κ1) is 26.2. The molecular formula is C28H34N4O5. The van der Waals surface area contributed by atoms with E-state index in [0.29, 0.717) is 6.04 Å². The molecule has 1 aromatic heterocycles. The van der Waals surface area contributed by atoms with E-state index in [0.717, 1.165) is 60.5 Å². The first-order chi connectivity index (χ1) is 17.7. The second-order valence-electron chi connectivity index (χ2n) is 9.74. The van der Waals surface area contributed by atoms with E-state index in [1.165, 1.54) is 6.42 Å². The van der Waals surface area contributed by atoms with Crippen molar-refractivity contribution in [1.82, 2.24) is 20.0 Å². The first-order valence-electron chi connectivity index (χ1n) is 12.5. The molecule has 196 valence electrons. The van der Waals surface area contributed by atoms with Gasteiger partial charge in [-0.2, -0.15) is 5.10 Å². The summed E-state index contributed by atoms with van der Waals surface area (Å²) in [6.07, 6.45) is 9.54. The Balaban J connectivity index is 0.000000747. The molecule has 1 saturated heterocycles. The van der Waals surface area contributed by atoms with E-state index in [1.807, 2.05) is 42.3 Å². The number of hydrogen-bond acceptors (Lipinski definition) is 6. The number of nitrogens with one attached hydrogen (secondary N) is 1. The number of carboxylic acids is 1. The van der Waals surface area contributed by atoms with Crippen molar-refractivity contribution < 1.29 is 24.5 Å². The number of likely N-dealkylation sites (tertiary alicyclic amines) is 1. The molecule has 1 unspecified atom stereocenters. The fourth-order valence-corrected chi connectivity index (χ4v) is 4.74. The fraction of sp³-hybridized carbons (Fsp3) is 0.393. The van der Waals surface area contributed by atoms with Crippen LogP contribution in [0.3, 0.4) is 0 Å². The van der Waals surface area contributed by atoms with Crippen LogP contribution in [0.15, 0.2) is 54.7 Å². The molecule has 9 heteroatoms. The zero-order valence-electron chi connectivity index (χ0n) is 21.4. The molecule has 2 aliphatic rings. The van der Waals surface area contributed by atoms with E-state index in [4.69, 9.17) is 14.6 Å². The maximum absolute atomic E-state index is 12.6. The van der Waals surface area contributed by atoms with Gasteiger partial charge in [0.1, 0.15) is 17.6 Å². The van der Waals surface area contributed by atoms with Gasteiger partial charge in [-0.1, -0.05) is 18.2 Å². The number of likely N-dealkylation sites (N-methyl/N-ethyl adjacent to an activating group) is 2. The average Bonchev–Trinajstić information content (AvgIpc) is 3.47. The average molecular weight is 507 g/mol. The van der Waals surface area contributed by atoms with Crippen LogP contribution in [0.2, 0.25) is 0 Å². The molecule has 1 amide bonds. The zero-order chi connectivity index (χ0) is 26.5. The maximum atomic E-state index is 12.6. The van der Waals surface area contributed by atoms with E-state index in [-0.39, 0.29) is 23.8 Å². The van der Waals surface area contributed by atoms with Crippen molar-refractivity contribution in [2.75, 3.05) is 20.6 Å². The number of fused-ring (bicyclic) bond motifs is 1. The van der Waals surface area contributed by atoms with Crippen molar-refractivity contribution in [2.24, 2.45) is 0 Å². The summed E-state index contributed by atoms with van der Waals surface area (Å²) < 4.78 is 6.35. The summed E-state index contributed by atoms with van der Waals surface area (Å²) in [5, 5.41) is 25.2. The lowest BCUT2D eigenvalue weighted by atomic mass is 9.88. The van der Waals surface area contributed by atoms with Crippen molar-refractivity contribution in [3.8, 4) is 22.6 Å². The number of benzene rings is 2. The van der Waals surface area contributed by atoms with Crippen molar-refractivity contribution in [1.29, 1.82) is 0 Å². The number of nitrogens with zero attached hydrogens (tertiary/aromatic N) is 3. The Morgan fingerprint density at radius 2 is 1.89 bits per heavy atom. The monoisotopic (exact) mass is 506 g/mol. The maximum Gasteiger partial charge on any atom is 0.300 e. The quantitative estimate of drug-likeness (QED) is 0.432. The summed E-state index contributed by atoms with van der Waals surface area (Å²) in [7, 11) is 3.99. The lowest BCUT2D eigenvalue weighted by molar-refractivity contribution is -0.134. The van der Waals surface area contributed by atoms with Gasteiger partial charge in [-0.05, 0) is 61.8 Å². The van der Waals surface area contributed by atoms with Crippen LogP contribution in [0.5, 0.6) is 11.5 Å². The number of hydrogen-bond donors (Lipinski definition) is 3. The van der Waals surface area contributed by atoms with Gasteiger partial charge >= 0.3 is 0 Å². The number of aromatic nitrogens is 2. The third kappa shape index (κ3) is 6.48. The molecule has 3 aromatic rings. The number of phenolic OH excluding ortho intramolecular Hbond substituents is 1. The van der Waals surface area contributed by atoms with Crippen LogP contribution < -0.4 is 4.74 Å². The molecule has 1 atom stereocenters. The van der Waals surface area contributed by atoms with Crippen LogP contribution in [0.25, 0.3) is 22.0 Å². The number of phenols is 1. The molecule has 1 aliphatic carbocycles. The molecule has 1 saturated carbocycles. The minimum atomic E-state index is -0.833. The van der Waals surface area contributed by atoms with E-state index in [1.54, 1.807) is 24.4 Å². The minimum absolute atomic E-state index is 0.0587. The SMILES string of the molecule is CC(=O)O.CN1CCCC1/C=C/C(=O)N(C)C1CC(Oc2cc(-c3ccc(O)cc3)cc3[nH]ncc23)C1. The Hall–Kier alpha value is -3.85. The van der Waals surface area contributed by atoms with E-state index < -0.39 is 5.97 Å². The van der Waals surface area contributed by atoms with Crippen molar-refractivity contribution >= 4 is 22.8 Å². The smallest absolute Gasteiger partial charge is 0.300 e. The number of aromatic amines is 1. The number of carbonyl (C=O) groups excluding carboxylic acids is 1. The highest BCUT2D eigenvalue weighted by Gasteiger charge is 2.35. The van der Waals surface area contributed by atoms with Gasteiger partial charge in [-0.15, -0.1) is 0 Å². The van der Waals surface area contributed by atoms with Crippen LogP contribution in [0.4, 0.5) is 0 Å². The normalized spacial score (nSPS) is 21.3. The van der Waals surface area contributed by atoms with Gasteiger partial charge < -0.3 is 19.8 Å². The number of carboxylic acid groups (broad SMARTS) is 1. The summed E-state index contributed by atoms with van der Waals surface area (Å²) in [6, 6.07) is 11.7. The Morgan fingerprint density at radius 1 is 1.19 bits per heavy atom. The number of aliphatic carboxylic acids is 1. The van der Waals surface area contributed by atoms with Crippen molar-refractivity contribution in [3.05, 3.63) is 54.7 Å². The lowest BCUT2D eigenvalue weighted by Gasteiger charge is -2.40. The van der Waals surface area contributed by atoms with Gasteiger partial charge in [0.2, 0.25) is 5.91 Å². The predicted molar refractivity (Wildman–Crippen MR) is 142 cm³/mol. The third-order valence-electron chi connectivity index (χ3n) is 7.02. The number of amides is 1. The number of ether oxygens (including phenoxy) is 1. The Labute approximate surface area is 216 Å². The summed E-state index contributed by atoms with van der Waals surface area (Å²) in [6.45, 7) is 2.18. The number of rotatable bonds is 6. The fourth-order valence-electron chi connectivity index (χ4n) is 4.74. The van der Waals surface area contributed by atoms with Crippen LogP contribution in [0.1, 0.15) is 32.6 Å². The summed E-state index contributed by atoms with van der Waals surface area (Å²) in [4.78, 5) is 25.8. The Kier molecular flexibility index (Phi) is 8.13. The van der Waals surface area contributed by atoms with Gasteiger partial charge in [0.15, 0.2) is 0 Å². The number of H-pyrrole nitrogens is 1. The van der Waals surface area contributed by atoms with Gasteiger partial charge in [0.25, 0.3) is 5.97 Å². The summed E-state index contributed by atoms with van der Waals surface area (Å²) >= 11 is 0. The summed E-state index contributed by atoms with van der Waals surface area (Å²) in [5.74, 6) is 0.248. The molecule has 5 rings (SSSR count).